The fourth-order valence-electron chi connectivity index (χ4n) is 3.54. The zero-order chi connectivity index (χ0) is 15.9. The molecule has 3 rings (SSSR count). The van der Waals surface area contributed by atoms with Crippen LogP contribution >= 0.6 is 0 Å². The maximum absolute atomic E-state index is 12.1. The number of hydrogen-bond acceptors (Lipinski definition) is 3. The quantitative estimate of drug-likeness (QED) is 0.848. The number of aromatic nitrogens is 1. The molecule has 1 aromatic heterocycles. The smallest absolute Gasteiger partial charge is 0.220 e. The van der Waals surface area contributed by atoms with E-state index in [1.807, 2.05) is 6.07 Å². The van der Waals surface area contributed by atoms with Gasteiger partial charge in [0.25, 0.3) is 0 Å². The van der Waals surface area contributed by atoms with Crippen molar-refractivity contribution in [1.29, 1.82) is 0 Å². The van der Waals surface area contributed by atoms with Crippen molar-refractivity contribution in [3.05, 3.63) is 53.9 Å². The van der Waals surface area contributed by atoms with Gasteiger partial charge in [-0.2, -0.15) is 0 Å². The molecule has 1 fully saturated rings. The Labute approximate surface area is 137 Å². The molecule has 1 amide bonds. The average molecular weight is 312 g/mol. The molecule has 1 aliphatic rings. The maximum Gasteiger partial charge on any atom is 0.220 e. The standard InChI is InChI=1S/C19H24N2O2/c22-19(11-10-17-12-13-21-23-17)20-14-18(16-8-4-5-9-16)15-6-2-1-3-7-15/h1-3,6-7,12-13,16,18H,4-5,8-11,14H2,(H,20,22)/t18-/m0/s1. The molecule has 4 nitrogen and oxygen atoms in total. The Balaban J connectivity index is 1.54. The monoisotopic (exact) mass is 312 g/mol. The second kappa shape index (κ2) is 7.95. The lowest BCUT2D eigenvalue weighted by atomic mass is 9.85. The molecular formula is C19H24N2O2. The first-order valence-electron chi connectivity index (χ1n) is 8.54. The van der Waals surface area contributed by atoms with E-state index in [0.29, 0.717) is 24.7 Å². The van der Waals surface area contributed by atoms with Gasteiger partial charge in [-0.3, -0.25) is 4.79 Å². The van der Waals surface area contributed by atoms with Crippen LogP contribution in [-0.2, 0) is 11.2 Å². The number of nitrogens with one attached hydrogen (secondary N) is 1. The number of benzene rings is 1. The first-order chi connectivity index (χ1) is 11.3. The summed E-state index contributed by atoms with van der Waals surface area (Å²) in [7, 11) is 0. The van der Waals surface area contributed by atoms with E-state index in [9.17, 15) is 4.79 Å². The summed E-state index contributed by atoms with van der Waals surface area (Å²) in [5, 5.41) is 6.78. The molecule has 1 aliphatic carbocycles. The minimum Gasteiger partial charge on any atom is -0.361 e. The number of rotatable bonds is 7. The number of hydrogen-bond donors (Lipinski definition) is 1. The summed E-state index contributed by atoms with van der Waals surface area (Å²) in [5.74, 6) is 1.95. The second-order valence-electron chi connectivity index (χ2n) is 6.34. The summed E-state index contributed by atoms with van der Waals surface area (Å²) in [6.07, 6.45) is 7.83. The Kier molecular flexibility index (Phi) is 5.46. The summed E-state index contributed by atoms with van der Waals surface area (Å²) < 4.78 is 5.03. The fraction of sp³-hybridized carbons (Fsp3) is 0.474. The van der Waals surface area contributed by atoms with E-state index in [0.717, 1.165) is 12.3 Å². The van der Waals surface area contributed by atoms with Gasteiger partial charge in [-0.25, -0.2) is 0 Å². The Morgan fingerprint density at radius 2 is 2.00 bits per heavy atom. The topological polar surface area (TPSA) is 55.1 Å². The lowest BCUT2D eigenvalue weighted by Gasteiger charge is -2.24. The van der Waals surface area contributed by atoms with E-state index in [1.54, 1.807) is 12.3 Å². The molecule has 1 heterocycles. The third-order valence-electron chi connectivity index (χ3n) is 4.81. The van der Waals surface area contributed by atoms with E-state index in [4.69, 9.17) is 4.52 Å². The lowest BCUT2D eigenvalue weighted by Crippen LogP contribution is -2.31. The van der Waals surface area contributed by atoms with Gasteiger partial charge in [-0.05, 0) is 24.3 Å². The minimum atomic E-state index is 0.0836. The molecule has 1 atom stereocenters. The Hall–Kier alpha value is -2.10. The van der Waals surface area contributed by atoms with Crippen LogP contribution in [0, 0.1) is 5.92 Å². The molecule has 1 N–H and O–H groups in total. The number of aryl methyl sites for hydroxylation is 1. The molecule has 122 valence electrons. The van der Waals surface area contributed by atoms with Crippen molar-refractivity contribution in [3.8, 4) is 0 Å². The van der Waals surface area contributed by atoms with Crippen molar-refractivity contribution in [2.75, 3.05) is 6.54 Å². The minimum absolute atomic E-state index is 0.0836. The highest BCUT2D eigenvalue weighted by atomic mass is 16.5. The maximum atomic E-state index is 12.1. The molecule has 0 radical (unpaired) electrons. The number of amides is 1. The summed E-state index contributed by atoms with van der Waals surface area (Å²) >= 11 is 0. The highest BCUT2D eigenvalue weighted by Gasteiger charge is 2.26. The van der Waals surface area contributed by atoms with E-state index in [1.165, 1.54) is 31.2 Å². The summed E-state index contributed by atoms with van der Waals surface area (Å²) in [6.45, 7) is 0.726. The highest BCUT2D eigenvalue weighted by Crippen LogP contribution is 2.36. The van der Waals surface area contributed by atoms with E-state index in [2.05, 4.69) is 34.7 Å². The van der Waals surface area contributed by atoms with Gasteiger partial charge in [-0.1, -0.05) is 48.3 Å². The van der Waals surface area contributed by atoms with Crippen LogP contribution in [0.4, 0.5) is 0 Å². The zero-order valence-corrected chi connectivity index (χ0v) is 13.4. The average Bonchev–Trinajstić information content (AvgIpc) is 3.28. The summed E-state index contributed by atoms with van der Waals surface area (Å²) in [4.78, 5) is 12.1. The molecule has 1 saturated carbocycles. The summed E-state index contributed by atoms with van der Waals surface area (Å²) in [5.41, 5.74) is 1.34. The first-order valence-corrected chi connectivity index (χ1v) is 8.54. The Morgan fingerprint density at radius 1 is 1.22 bits per heavy atom. The third kappa shape index (κ3) is 4.44. The van der Waals surface area contributed by atoms with Crippen LogP contribution < -0.4 is 5.32 Å². The molecule has 0 aliphatic heterocycles. The molecule has 23 heavy (non-hydrogen) atoms. The molecular weight excluding hydrogens is 288 g/mol. The molecule has 0 unspecified atom stereocenters. The van der Waals surface area contributed by atoms with E-state index >= 15 is 0 Å². The molecule has 0 saturated heterocycles. The molecule has 4 heteroatoms. The van der Waals surface area contributed by atoms with Gasteiger partial charge >= 0.3 is 0 Å². The largest absolute Gasteiger partial charge is 0.361 e. The molecule has 2 aromatic rings. The van der Waals surface area contributed by atoms with Gasteiger partial charge < -0.3 is 9.84 Å². The van der Waals surface area contributed by atoms with Crippen LogP contribution in [0.5, 0.6) is 0 Å². The summed E-state index contributed by atoms with van der Waals surface area (Å²) in [6, 6.07) is 12.4. The molecule has 0 spiro atoms. The molecule has 0 bridgehead atoms. The van der Waals surface area contributed by atoms with Gasteiger partial charge in [-0.15, -0.1) is 0 Å². The van der Waals surface area contributed by atoms with Crippen molar-refractivity contribution in [2.45, 2.75) is 44.4 Å². The third-order valence-corrected chi connectivity index (χ3v) is 4.81. The van der Waals surface area contributed by atoms with Crippen LogP contribution in [0.3, 0.4) is 0 Å². The van der Waals surface area contributed by atoms with E-state index in [-0.39, 0.29) is 5.91 Å². The number of carbonyl (C=O) groups is 1. The van der Waals surface area contributed by atoms with Gasteiger partial charge in [0.15, 0.2) is 0 Å². The van der Waals surface area contributed by atoms with Crippen LogP contribution in [0.15, 0.2) is 47.1 Å². The van der Waals surface area contributed by atoms with Gasteiger partial charge in [0.1, 0.15) is 5.76 Å². The van der Waals surface area contributed by atoms with Gasteiger partial charge in [0.05, 0.1) is 6.20 Å². The van der Waals surface area contributed by atoms with Crippen LogP contribution in [0.1, 0.15) is 49.3 Å². The Morgan fingerprint density at radius 3 is 2.70 bits per heavy atom. The second-order valence-corrected chi connectivity index (χ2v) is 6.34. The fourth-order valence-corrected chi connectivity index (χ4v) is 3.54. The lowest BCUT2D eigenvalue weighted by molar-refractivity contribution is -0.121. The first kappa shape index (κ1) is 15.8. The predicted molar refractivity (Wildman–Crippen MR) is 89.0 cm³/mol. The SMILES string of the molecule is O=C(CCc1ccno1)NC[C@@H](c1ccccc1)C1CCCC1. The van der Waals surface area contributed by atoms with Crippen LogP contribution in [0.2, 0.25) is 0 Å². The zero-order valence-electron chi connectivity index (χ0n) is 13.4. The van der Waals surface area contributed by atoms with Crippen molar-refractivity contribution in [2.24, 2.45) is 5.92 Å². The molecule has 1 aromatic carbocycles. The predicted octanol–water partition coefficient (Wildman–Crippen LogP) is 3.70. The van der Waals surface area contributed by atoms with Gasteiger partial charge in [0.2, 0.25) is 5.91 Å². The van der Waals surface area contributed by atoms with Crippen molar-refractivity contribution >= 4 is 5.91 Å². The normalized spacial score (nSPS) is 16.3. The van der Waals surface area contributed by atoms with Crippen LogP contribution in [-0.4, -0.2) is 17.6 Å². The van der Waals surface area contributed by atoms with Crippen molar-refractivity contribution in [1.82, 2.24) is 10.5 Å². The van der Waals surface area contributed by atoms with E-state index < -0.39 is 0 Å². The van der Waals surface area contributed by atoms with Gasteiger partial charge in [0, 0.05) is 31.4 Å². The Bertz CT molecular complexity index is 589. The van der Waals surface area contributed by atoms with Crippen molar-refractivity contribution < 1.29 is 9.32 Å². The highest BCUT2D eigenvalue weighted by molar-refractivity contribution is 5.76. The number of nitrogens with zero attached hydrogens (tertiary/aromatic N) is 1. The van der Waals surface area contributed by atoms with Crippen molar-refractivity contribution in [3.63, 3.8) is 0 Å². The van der Waals surface area contributed by atoms with Crippen LogP contribution in [0.25, 0.3) is 0 Å². The number of carbonyl (C=O) groups excluding carboxylic acids is 1.